The molecule has 1 saturated heterocycles. The molecule has 0 bridgehead atoms. The number of nitrogen functional groups attached to an aromatic ring is 1. The van der Waals surface area contributed by atoms with Gasteiger partial charge in [0.25, 0.3) is 0 Å². The van der Waals surface area contributed by atoms with Gasteiger partial charge >= 0.3 is 5.69 Å². The van der Waals surface area contributed by atoms with Gasteiger partial charge in [-0.15, -0.1) is 0 Å². The molecule has 2 rings (SSSR count). The lowest BCUT2D eigenvalue weighted by Crippen LogP contribution is -2.28. The zero-order valence-electron chi connectivity index (χ0n) is 10.6. The molecule has 2 heterocycles. The molecule has 0 spiro atoms. The zero-order valence-corrected chi connectivity index (χ0v) is 10.6. The number of anilines is 1. The number of hydrogen-bond donors (Lipinski definition) is 4. The number of aromatic nitrogens is 2. The lowest BCUT2D eigenvalue weighted by molar-refractivity contribution is -0.0458. The van der Waals surface area contributed by atoms with Crippen LogP contribution in [-0.2, 0) is 4.74 Å². The Labute approximate surface area is 114 Å². The Morgan fingerprint density at radius 3 is 2.90 bits per heavy atom. The highest BCUT2D eigenvalue weighted by Crippen LogP contribution is 2.27. The summed E-state index contributed by atoms with van der Waals surface area (Å²) in [5.74, 6) is 4.95. The highest BCUT2D eigenvalue weighted by atomic mass is 16.5. The van der Waals surface area contributed by atoms with Gasteiger partial charge in [0.1, 0.15) is 24.8 Å². The summed E-state index contributed by atoms with van der Waals surface area (Å²) in [5, 5.41) is 27.4. The minimum atomic E-state index is -0.860. The van der Waals surface area contributed by atoms with E-state index in [9.17, 15) is 9.90 Å². The van der Waals surface area contributed by atoms with Crippen molar-refractivity contribution in [2.75, 3.05) is 18.9 Å². The number of hydrogen-bond acceptors (Lipinski definition) is 7. The van der Waals surface area contributed by atoms with Crippen LogP contribution in [0, 0.1) is 11.8 Å². The Kier molecular flexibility index (Phi) is 4.36. The van der Waals surface area contributed by atoms with Gasteiger partial charge in [0.2, 0.25) is 0 Å². The van der Waals surface area contributed by atoms with Gasteiger partial charge < -0.3 is 25.8 Å². The summed E-state index contributed by atoms with van der Waals surface area (Å²) < 4.78 is 6.54. The summed E-state index contributed by atoms with van der Waals surface area (Å²) in [7, 11) is 0. The fraction of sp³-hybridized carbons (Fsp3) is 0.500. The molecule has 8 nitrogen and oxygen atoms in total. The Morgan fingerprint density at radius 2 is 2.30 bits per heavy atom. The standard InChI is InChI=1S/C12H15N3O5/c13-11-7(2-1-3-16)5-15(12(19)14-11)10-4-8(18)9(6-17)20-10/h5,8-10,16-18H,3-4,6H2,(H2,13,14,19)/t8-,9+,10+/m0/s1. The molecule has 1 aromatic heterocycles. The number of nitrogens with two attached hydrogens (primary N) is 1. The first-order valence-corrected chi connectivity index (χ1v) is 5.99. The summed E-state index contributed by atoms with van der Waals surface area (Å²) in [6, 6.07) is 0. The average molecular weight is 281 g/mol. The van der Waals surface area contributed by atoms with E-state index in [2.05, 4.69) is 16.8 Å². The van der Waals surface area contributed by atoms with Crippen LogP contribution < -0.4 is 11.4 Å². The van der Waals surface area contributed by atoms with Gasteiger partial charge in [0.05, 0.1) is 18.3 Å². The van der Waals surface area contributed by atoms with E-state index in [-0.39, 0.29) is 31.0 Å². The Morgan fingerprint density at radius 1 is 1.55 bits per heavy atom. The van der Waals surface area contributed by atoms with Crippen molar-refractivity contribution in [1.82, 2.24) is 9.55 Å². The third-order valence-corrected chi connectivity index (χ3v) is 2.98. The number of aliphatic hydroxyl groups is 3. The van der Waals surface area contributed by atoms with Crippen molar-refractivity contribution < 1.29 is 20.1 Å². The van der Waals surface area contributed by atoms with Crippen molar-refractivity contribution in [3.63, 3.8) is 0 Å². The van der Waals surface area contributed by atoms with Gasteiger partial charge in [-0.3, -0.25) is 4.57 Å². The van der Waals surface area contributed by atoms with E-state index < -0.39 is 24.1 Å². The van der Waals surface area contributed by atoms with E-state index in [0.29, 0.717) is 0 Å². The molecule has 1 aliphatic heterocycles. The highest BCUT2D eigenvalue weighted by molar-refractivity contribution is 5.48. The van der Waals surface area contributed by atoms with Crippen molar-refractivity contribution in [3.8, 4) is 11.8 Å². The second kappa shape index (κ2) is 6.02. The molecular formula is C12H15N3O5. The summed E-state index contributed by atoms with van der Waals surface area (Å²) in [6.07, 6.45) is -0.816. The molecule has 1 aliphatic rings. The number of rotatable bonds is 2. The maximum Gasteiger partial charge on any atom is 0.351 e. The number of nitrogens with zero attached hydrogens (tertiary/aromatic N) is 2. The molecule has 0 aliphatic carbocycles. The zero-order chi connectivity index (χ0) is 14.7. The average Bonchev–Trinajstić information content (AvgIpc) is 2.79. The van der Waals surface area contributed by atoms with Crippen LogP contribution in [0.3, 0.4) is 0 Å². The van der Waals surface area contributed by atoms with Gasteiger partial charge in [-0.1, -0.05) is 11.8 Å². The maximum absolute atomic E-state index is 11.8. The predicted octanol–water partition coefficient (Wildman–Crippen LogP) is -2.19. The van der Waals surface area contributed by atoms with Gasteiger partial charge in [-0.25, -0.2) is 4.79 Å². The summed E-state index contributed by atoms with van der Waals surface area (Å²) in [5.41, 5.74) is 5.22. The Hall–Kier alpha value is -1.92. The minimum Gasteiger partial charge on any atom is -0.394 e. The third kappa shape index (κ3) is 2.81. The van der Waals surface area contributed by atoms with E-state index in [1.54, 1.807) is 0 Å². The van der Waals surface area contributed by atoms with Crippen LogP contribution in [0.4, 0.5) is 5.82 Å². The van der Waals surface area contributed by atoms with E-state index in [4.69, 9.17) is 20.7 Å². The monoisotopic (exact) mass is 281 g/mol. The van der Waals surface area contributed by atoms with Crippen molar-refractivity contribution in [2.24, 2.45) is 0 Å². The van der Waals surface area contributed by atoms with Crippen molar-refractivity contribution >= 4 is 5.82 Å². The van der Waals surface area contributed by atoms with E-state index in [0.717, 1.165) is 4.57 Å². The Balaban J connectivity index is 2.35. The smallest absolute Gasteiger partial charge is 0.351 e. The molecule has 8 heteroatoms. The SMILES string of the molecule is Nc1nc(=O)n([C@H]2C[C@H](O)[C@@H](CO)O2)cc1C#CCO. The van der Waals surface area contributed by atoms with E-state index in [1.807, 2.05) is 0 Å². The largest absolute Gasteiger partial charge is 0.394 e. The number of ether oxygens (including phenoxy) is 1. The van der Waals surface area contributed by atoms with Crippen molar-refractivity contribution in [3.05, 3.63) is 22.2 Å². The summed E-state index contributed by atoms with van der Waals surface area (Å²) in [4.78, 5) is 15.4. The maximum atomic E-state index is 11.8. The lowest BCUT2D eigenvalue weighted by Gasteiger charge is -2.14. The minimum absolute atomic E-state index is 0.0375. The molecule has 0 amide bonds. The van der Waals surface area contributed by atoms with Gasteiger partial charge in [0.15, 0.2) is 0 Å². The second-order valence-corrected chi connectivity index (χ2v) is 4.30. The normalized spacial score (nSPS) is 25.2. The van der Waals surface area contributed by atoms with Gasteiger partial charge in [-0.2, -0.15) is 4.98 Å². The second-order valence-electron chi connectivity index (χ2n) is 4.30. The Bertz CT molecular complexity index is 603. The lowest BCUT2D eigenvalue weighted by atomic mass is 10.2. The first kappa shape index (κ1) is 14.5. The number of aliphatic hydroxyl groups excluding tert-OH is 3. The molecule has 1 fully saturated rings. The topological polar surface area (TPSA) is 131 Å². The fourth-order valence-corrected chi connectivity index (χ4v) is 1.97. The molecule has 1 aromatic rings. The van der Waals surface area contributed by atoms with Crippen LogP contribution in [0.5, 0.6) is 0 Å². The van der Waals surface area contributed by atoms with Crippen molar-refractivity contribution in [1.29, 1.82) is 0 Å². The van der Waals surface area contributed by atoms with E-state index in [1.165, 1.54) is 6.20 Å². The van der Waals surface area contributed by atoms with Crippen LogP contribution in [0.25, 0.3) is 0 Å². The van der Waals surface area contributed by atoms with E-state index >= 15 is 0 Å². The quantitative estimate of drug-likeness (QED) is 0.453. The summed E-state index contributed by atoms with van der Waals surface area (Å²) in [6.45, 7) is -0.685. The molecule has 0 unspecified atom stereocenters. The molecule has 20 heavy (non-hydrogen) atoms. The predicted molar refractivity (Wildman–Crippen MR) is 68.5 cm³/mol. The molecular weight excluding hydrogens is 266 g/mol. The molecule has 108 valence electrons. The molecule has 5 N–H and O–H groups in total. The van der Waals surface area contributed by atoms with Crippen LogP contribution in [0.2, 0.25) is 0 Å². The van der Waals surface area contributed by atoms with Crippen LogP contribution in [0.1, 0.15) is 18.2 Å². The first-order valence-electron chi connectivity index (χ1n) is 5.99. The molecule has 0 radical (unpaired) electrons. The van der Waals surface area contributed by atoms with Gasteiger partial charge in [0, 0.05) is 12.6 Å². The van der Waals surface area contributed by atoms with Crippen LogP contribution >= 0.6 is 0 Å². The van der Waals surface area contributed by atoms with Gasteiger partial charge in [-0.05, 0) is 0 Å². The van der Waals surface area contributed by atoms with Crippen LogP contribution in [-0.4, -0.2) is 50.3 Å². The molecule has 0 saturated carbocycles. The summed E-state index contributed by atoms with van der Waals surface area (Å²) >= 11 is 0. The fourth-order valence-electron chi connectivity index (χ4n) is 1.97. The van der Waals surface area contributed by atoms with Crippen molar-refractivity contribution in [2.45, 2.75) is 24.9 Å². The molecule has 0 aromatic carbocycles. The van der Waals surface area contributed by atoms with Crippen LogP contribution in [0.15, 0.2) is 11.0 Å². The highest BCUT2D eigenvalue weighted by Gasteiger charge is 2.35. The first-order chi connectivity index (χ1) is 9.56. The third-order valence-electron chi connectivity index (χ3n) is 2.98. The molecule has 3 atom stereocenters.